The van der Waals surface area contributed by atoms with Crippen molar-refractivity contribution in [3.05, 3.63) is 0 Å². The first-order chi connectivity index (χ1) is 6.92. The van der Waals surface area contributed by atoms with Gasteiger partial charge in [0, 0.05) is 6.04 Å². The maximum Gasteiger partial charge on any atom is 0.233 e. The Balaban J connectivity index is 2.66. The van der Waals surface area contributed by atoms with E-state index in [0.717, 1.165) is 19.3 Å². The van der Waals surface area contributed by atoms with E-state index in [1.54, 1.807) is 0 Å². The van der Waals surface area contributed by atoms with Crippen molar-refractivity contribution in [2.75, 3.05) is 0 Å². The number of hydrogen-bond donors (Lipinski definition) is 2. The molecular weight excluding hydrogens is 208 g/mol. The van der Waals surface area contributed by atoms with E-state index in [-0.39, 0.29) is 11.9 Å². The molecule has 1 fully saturated rings. The second-order valence-electron chi connectivity index (χ2n) is 4.74. The van der Waals surface area contributed by atoms with E-state index in [1.807, 2.05) is 13.8 Å². The zero-order valence-electron chi connectivity index (χ0n) is 9.67. The van der Waals surface area contributed by atoms with Crippen molar-refractivity contribution < 1.29 is 4.79 Å². The van der Waals surface area contributed by atoms with Crippen molar-refractivity contribution in [3.8, 4) is 0 Å². The standard InChI is InChI=1S/C11H20N2OS/c1-4-8(3)13-10(14)11(9(12)15)5-7(2)6-11/h7-8H,4-6H2,1-3H3,(H2,12,15)(H,13,14). The quantitative estimate of drug-likeness (QED) is 0.719. The van der Waals surface area contributed by atoms with E-state index in [2.05, 4.69) is 12.2 Å². The van der Waals surface area contributed by atoms with Crippen LogP contribution in [0.4, 0.5) is 0 Å². The number of amides is 1. The molecule has 1 atom stereocenters. The molecule has 1 aliphatic rings. The van der Waals surface area contributed by atoms with E-state index in [0.29, 0.717) is 10.9 Å². The van der Waals surface area contributed by atoms with Crippen LogP contribution in [0.5, 0.6) is 0 Å². The van der Waals surface area contributed by atoms with Gasteiger partial charge in [0.05, 0.1) is 10.4 Å². The third-order valence-electron chi connectivity index (χ3n) is 3.29. The lowest BCUT2D eigenvalue weighted by molar-refractivity contribution is -0.133. The molecule has 0 saturated heterocycles. The number of nitrogens with two attached hydrogens (primary N) is 1. The summed E-state index contributed by atoms with van der Waals surface area (Å²) in [7, 11) is 0. The third-order valence-corrected chi connectivity index (χ3v) is 3.68. The molecule has 3 nitrogen and oxygen atoms in total. The van der Waals surface area contributed by atoms with Gasteiger partial charge in [-0.15, -0.1) is 0 Å². The highest BCUT2D eigenvalue weighted by molar-refractivity contribution is 7.80. The van der Waals surface area contributed by atoms with Crippen LogP contribution in [0.2, 0.25) is 0 Å². The lowest BCUT2D eigenvalue weighted by atomic mass is 9.62. The Morgan fingerprint density at radius 3 is 2.53 bits per heavy atom. The molecule has 0 aromatic heterocycles. The molecule has 1 unspecified atom stereocenters. The Morgan fingerprint density at radius 2 is 2.20 bits per heavy atom. The summed E-state index contributed by atoms with van der Waals surface area (Å²) in [4.78, 5) is 12.4. The van der Waals surface area contributed by atoms with Crippen LogP contribution in [0, 0.1) is 11.3 Å². The van der Waals surface area contributed by atoms with Gasteiger partial charge in [-0.1, -0.05) is 26.1 Å². The van der Waals surface area contributed by atoms with Crippen molar-refractivity contribution in [2.45, 2.75) is 46.1 Å². The maximum absolute atomic E-state index is 12.0. The minimum atomic E-state index is -0.557. The zero-order chi connectivity index (χ0) is 11.6. The summed E-state index contributed by atoms with van der Waals surface area (Å²) < 4.78 is 0. The SMILES string of the molecule is CCC(C)NC(=O)C1(C(N)=S)CC(C)C1. The molecule has 0 radical (unpaired) electrons. The van der Waals surface area contributed by atoms with Crippen LogP contribution in [0.1, 0.15) is 40.0 Å². The van der Waals surface area contributed by atoms with Crippen molar-refractivity contribution in [2.24, 2.45) is 17.1 Å². The van der Waals surface area contributed by atoms with Gasteiger partial charge in [0.25, 0.3) is 0 Å². The lowest BCUT2D eigenvalue weighted by Crippen LogP contribution is -2.57. The molecule has 86 valence electrons. The van der Waals surface area contributed by atoms with Gasteiger partial charge < -0.3 is 11.1 Å². The van der Waals surface area contributed by atoms with E-state index in [4.69, 9.17) is 18.0 Å². The fraction of sp³-hybridized carbons (Fsp3) is 0.818. The summed E-state index contributed by atoms with van der Waals surface area (Å²) in [6, 6.07) is 0.194. The molecule has 0 heterocycles. The highest BCUT2D eigenvalue weighted by Gasteiger charge is 2.50. The molecule has 0 aromatic rings. The minimum absolute atomic E-state index is 0.0162. The minimum Gasteiger partial charge on any atom is -0.392 e. The van der Waals surface area contributed by atoms with E-state index in [1.165, 1.54) is 0 Å². The molecule has 1 aliphatic carbocycles. The molecule has 0 aromatic carbocycles. The van der Waals surface area contributed by atoms with Crippen LogP contribution in [0.3, 0.4) is 0 Å². The van der Waals surface area contributed by atoms with Gasteiger partial charge in [-0.05, 0) is 32.1 Å². The topological polar surface area (TPSA) is 55.1 Å². The number of carbonyl (C=O) groups is 1. The Labute approximate surface area is 96.8 Å². The second kappa shape index (κ2) is 4.47. The van der Waals surface area contributed by atoms with Crippen molar-refractivity contribution in [1.82, 2.24) is 5.32 Å². The summed E-state index contributed by atoms with van der Waals surface area (Å²) in [5.41, 5.74) is 5.13. The Hall–Kier alpha value is -0.640. The van der Waals surface area contributed by atoms with Gasteiger partial charge in [0.15, 0.2) is 0 Å². The first kappa shape index (κ1) is 12.4. The number of rotatable bonds is 4. The largest absolute Gasteiger partial charge is 0.392 e. The number of nitrogens with one attached hydrogen (secondary N) is 1. The monoisotopic (exact) mass is 228 g/mol. The Bertz CT molecular complexity index is 272. The lowest BCUT2D eigenvalue weighted by Gasteiger charge is -2.44. The summed E-state index contributed by atoms with van der Waals surface area (Å²) >= 11 is 5.02. The molecule has 1 rings (SSSR count). The molecule has 1 saturated carbocycles. The van der Waals surface area contributed by atoms with Gasteiger partial charge in [-0.3, -0.25) is 4.79 Å². The fourth-order valence-corrected chi connectivity index (χ4v) is 2.35. The predicted octanol–water partition coefficient (Wildman–Crippen LogP) is 1.60. The summed E-state index contributed by atoms with van der Waals surface area (Å²) in [6.07, 6.45) is 2.52. The molecule has 3 N–H and O–H groups in total. The van der Waals surface area contributed by atoms with Gasteiger partial charge in [-0.25, -0.2) is 0 Å². The molecule has 0 bridgehead atoms. The third kappa shape index (κ3) is 2.30. The van der Waals surface area contributed by atoms with Gasteiger partial charge >= 0.3 is 0 Å². The maximum atomic E-state index is 12.0. The number of carbonyl (C=O) groups excluding carboxylic acids is 1. The van der Waals surface area contributed by atoms with Crippen LogP contribution in [0.15, 0.2) is 0 Å². The highest BCUT2D eigenvalue weighted by Crippen LogP contribution is 2.46. The highest BCUT2D eigenvalue weighted by atomic mass is 32.1. The van der Waals surface area contributed by atoms with Crippen molar-refractivity contribution in [1.29, 1.82) is 0 Å². The van der Waals surface area contributed by atoms with E-state index in [9.17, 15) is 4.79 Å². The average Bonchev–Trinajstić information content (AvgIpc) is 2.11. The van der Waals surface area contributed by atoms with Gasteiger partial charge in [0.2, 0.25) is 5.91 Å². The first-order valence-corrected chi connectivity index (χ1v) is 5.94. The van der Waals surface area contributed by atoms with E-state index < -0.39 is 5.41 Å². The number of hydrogen-bond acceptors (Lipinski definition) is 2. The Kier molecular flexibility index (Phi) is 3.71. The van der Waals surface area contributed by atoms with Crippen LogP contribution >= 0.6 is 12.2 Å². The van der Waals surface area contributed by atoms with E-state index >= 15 is 0 Å². The summed E-state index contributed by atoms with van der Waals surface area (Å²) in [5, 5.41) is 2.97. The van der Waals surface area contributed by atoms with Crippen LogP contribution in [-0.4, -0.2) is 16.9 Å². The van der Waals surface area contributed by atoms with Crippen LogP contribution < -0.4 is 11.1 Å². The Morgan fingerprint density at radius 1 is 1.67 bits per heavy atom. The smallest absolute Gasteiger partial charge is 0.233 e. The number of thiocarbonyl (C=S) groups is 1. The average molecular weight is 228 g/mol. The van der Waals surface area contributed by atoms with Gasteiger partial charge in [-0.2, -0.15) is 0 Å². The van der Waals surface area contributed by atoms with Crippen LogP contribution in [0.25, 0.3) is 0 Å². The molecule has 0 aliphatic heterocycles. The van der Waals surface area contributed by atoms with Gasteiger partial charge in [0.1, 0.15) is 0 Å². The molecule has 1 amide bonds. The normalized spacial score (nSPS) is 31.5. The molecule has 0 spiro atoms. The molecular formula is C11H20N2OS. The summed E-state index contributed by atoms with van der Waals surface area (Å²) in [5.74, 6) is 0.566. The second-order valence-corrected chi connectivity index (χ2v) is 5.18. The van der Waals surface area contributed by atoms with Crippen LogP contribution in [-0.2, 0) is 4.79 Å². The van der Waals surface area contributed by atoms with Crippen molar-refractivity contribution >= 4 is 23.1 Å². The predicted molar refractivity (Wildman–Crippen MR) is 65.5 cm³/mol. The molecule has 4 heteroatoms. The zero-order valence-corrected chi connectivity index (χ0v) is 10.5. The summed E-state index contributed by atoms with van der Waals surface area (Å²) in [6.45, 7) is 6.15. The first-order valence-electron chi connectivity index (χ1n) is 5.53. The van der Waals surface area contributed by atoms with Crippen molar-refractivity contribution in [3.63, 3.8) is 0 Å². The molecule has 15 heavy (non-hydrogen) atoms. The fourth-order valence-electron chi connectivity index (χ4n) is 2.09.